The van der Waals surface area contributed by atoms with Gasteiger partial charge in [-0.25, -0.2) is 13.6 Å². The molecule has 0 saturated heterocycles. The van der Waals surface area contributed by atoms with Gasteiger partial charge >= 0.3 is 5.97 Å². The van der Waals surface area contributed by atoms with Gasteiger partial charge in [0.15, 0.2) is 11.6 Å². The van der Waals surface area contributed by atoms with Gasteiger partial charge in [-0.3, -0.25) is 4.79 Å². The van der Waals surface area contributed by atoms with Crippen molar-refractivity contribution >= 4 is 23.4 Å². The highest BCUT2D eigenvalue weighted by molar-refractivity contribution is 6.36. The minimum atomic E-state index is -1.47. The van der Waals surface area contributed by atoms with E-state index < -0.39 is 34.5 Å². The lowest BCUT2D eigenvalue weighted by Crippen LogP contribution is -2.18. The standard InChI is InChI=1S/C13H10ClF2NO3/c14-9-4-11(16)10(15)3-7(9)12(18)8(13(19)20)5-17-6-1-2-6/h3-6,17H,1-2H2,(H,19,20). The van der Waals surface area contributed by atoms with E-state index >= 15 is 0 Å². The Morgan fingerprint density at radius 2 is 1.90 bits per heavy atom. The van der Waals surface area contributed by atoms with Crippen LogP contribution in [-0.2, 0) is 4.79 Å². The number of carboxylic acids is 1. The van der Waals surface area contributed by atoms with Crippen LogP contribution in [0, 0.1) is 11.6 Å². The van der Waals surface area contributed by atoms with E-state index in [9.17, 15) is 18.4 Å². The van der Waals surface area contributed by atoms with Crippen LogP contribution in [0.1, 0.15) is 23.2 Å². The topological polar surface area (TPSA) is 66.4 Å². The molecule has 0 unspecified atom stereocenters. The molecule has 0 bridgehead atoms. The van der Waals surface area contributed by atoms with E-state index in [4.69, 9.17) is 16.7 Å². The van der Waals surface area contributed by atoms with Crippen molar-refractivity contribution in [3.8, 4) is 0 Å². The van der Waals surface area contributed by atoms with E-state index in [2.05, 4.69) is 5.32 Å². The molecule has 1 aliphatic rings. The lowest BCUT2D eigenvalue weighted by atomic mass is 10.0. The molecular formula is C13H10ClF2NO3. The number of rotatable bonds is 5. The number of nitrogens with one attached hydrogen (secondary N) is 1. The smallest absolute Gasteiger partial charge is 0.341 e. The number of halogens is 3. The summed E-state index contributed by atoms with van der Waals surface area (Å²) in [5.74, 6) is -4.92. The molecule has 0 spiro atoms. The molecular weight excluding hydrogens is 292 g/mol. The van der Waals surface area contributed by atoms with Crippen LogP contribution in [0.25, 0.3) is 0 Å². The minimum absolute atomic E-state index is 0.151. The molecule has 0 amide bonds. The van der Waals surface area contributed by atoms with E-state index in [0.717, 1.165) is 19.0 Å². The van der Waals surface area contributed by atoms with Gasteiger partial charge in [0.1, 0.15) is 5.57 Å². The lowest BCUT2D eigenvalue weighted by Gasteiger charge is -2.06. The van der Waals surface area contributed by atoms with Crippen LogP contribution >= 0.6 is 11.6 Å². The molecule has 0 radical (unpaired) electrons. The largest absolute Gasteiger partial charge is 0.477 e. The first kappa shape index (κ1) is 14.5. The molecule has 0 aromatic heterocycles. The molecule has 2 rings (SSSR count). The number of benzene rings is 1. The van der Waals surface area contributed by atoms with Gasteiger partial charge in [0.05, 0.1) is 5.02 Å². The van der Waals surface area contributed by atoms with Crippen LogP contribution in [0.15, 0.2) is 23.9 Å². The molecule has 4 nitrogen and oxygen atoms in total. The number of ketones is 1. The summed E-state index contributed by atoms with van der Waals surface area (Å²) < 4.78 is 26.1. The number of carboxylic acid groups (broad SMARTS) is 1. The van der Waals surface area contributed by atoms with Crippen molar-refractivity contribution in [2.75, 3.05) is 0 Å². The second-order valence-electron chi connectivity index (χ2n) is 4.38. The summed E-state index contributed by atoms with van der Waals surface area (Å²) >= 11 is 5.65. The van der Waals surface area contributed by atoms with Crippen molar-refractivity contribution in [1.29, 1.82) is 0 Å². The molecule has 0 heterocycles. The maximum Gasteiger partial charge on any atom is 0.341 e. The van der Waals surface area contributed by atoms with Crippen molar-refractivity contribution in [3.05, 3.63) is 46.1 Å². The van der Waals surface area contributed by atoms with Crippen LogP contribution in [-0.4, -0.2) is 22.9 Å². The number of hydrogen-bond acceptors (Lipinski definition) is 3. The van der Waals surface area contributed by atoms with Gasteiger partial charge in [-0.2, -0.15) is 0 Å². The summed E-state index contributed by atoms with van der Waals surface area (Å²) in [7, 11) is 0. The molecule has 1 fully saturated rings. The van der Waals surface area contributed by atoms with Crippen LogP contribution < -0.4 is 5.32 Å². The van der Waals surface area contributed by atoms with E-state index in [1.165, 1.54) is 0 Å². The molecule has 1 saturated carbocycles. The number of hydrogen-bond donors (Lipinski definition) is 2. The predicted octanol–water partition coefficient (Wildman–Crippen LogP) is 2.52. The summed E-state index contributed by atoms with van der Waals surface area (Å²) in [6.45, 7) is 0. The Balaban J connectivity index is 2.34. The monoisotopic (exact) mass is 301 g/mol. The highest BCUT2D eigenvalue weighted by Gasteiger charge is 2.25. The average Bonchev–Trinajstić information content (AvgIpc) is 3.17. The summed E-state index contributed by atoms with van der Waals surface area (Å²) in [5.41, 5.74) is -0.971. The van der Waals surface area contributed by atoms with E-state index in [1.54, 1.807) is 0 Å². The second kappa shape index (κ2) is 5.58. The first-order valence-corrected chi connectivity index (χ1v) is 6.16. The third-order valence-electron chi connectivity index (χ3n) is 2.77. The number of Topliss-reactive ketones (excluding diaryl/α,β-unsaturated/α-hetero) is 1. The Kier molecular flexibility index (Phi) is 4.04. The molecule has 0 atom stereocenters. The number of aliphatic carboxylic acids is 1. The quantitative estimate of drug-likeness (QED) is 0.288. The normalized spacial score (nSPS) is 15.1. The van der Waals surface area contributed by atoms with Gasteiger partial charge in [-0.05, 0) is 25.0 Å². The average molecular weight is 302 g/mol. The van der Waals surface area contributed by atoms with Crippen LogP contribution in [0.5, 0.6) is 0 Å². The fourth-order valence-electron chi connectivity index (χ4n) is 1.52. The fourth-order valence-corrected chi connectivity index (χ4v) is 1.75. The SMILES string of the molecule is O=C(O)C(=CNC1CC1)C(=O)c1cc(F)c(F)cc1Cl. The third kappa shape index (κ3) is 3.14. The second-order valence-corrected chi connectivity index (χ2v) is 4.79. The number of carbonyl (C=O) groups excluding carboxylic acids is 1. The molecule has 1 aliphatic carbocycles. The maximum absolute atomic E-state index is 13.1. The van der Waals surface area contributed by atoms with Gasteiger partial charge in [0.2, 0.25) is 5.78 Å². The van der Waals surface area contributed by atoms with E-state index in [0.29, 0.717) is 12.1 Å². The van der Waals surface area contributed by atoms with Crippen molar-refractivity contribution < 1.29 is 23.5 Å². The molecule has 106 valence electrons. The van der Waals surface area contributed by atoms with Crippen LogP contribution in [0.3, 0.4) is 0 Å². The zero-order valence-corrected chi connectivity index (χ0v) is 10.9. The third-order valence-corrected chi connectivity index (χ3v) is 3.08. The first-order chi connectivity index (χ1) is 9.40. The Bertz CT molecular complexity index is 612. The van der Waals surface area contributed by atoms with Crippen LogP contribution in [0.2, 0.25) is 5.02 Å². The minimum Gasteiger partial charge on any atom is -0.477 e. The molecule has 20 heavy (non-hydrogen) atoms. The van der Waals surface area contributed by atoms with Crippen LogP contribution in [0.4, 0.5) is 8.78 Å². The highest BCUT2D eigenvalue weighted by atomic mass is 35.5. The predicted molar refractivity (Wildman–Crippen MR) is 67.6 cm³/mol. The molecule has 0 aliphatic heterocycles. The molecule has 7 heteroatoms. The van der Waals surface area contributed by atoms with E-state index in [1.807, 2.05) is 0 Å². The zero-order chi connectivity index (χ0) is 14.9. The van der Waals surface area contributed by atoms with Crippen molar-refractivity contribution in [2.45, 2.75) is 18.9 Å². The van der Waals surface area contributed by atoms with Gasteiger partial charge in [0.25, 0.3) is 0 Å². The van der Waals surface area contributed by atoms with Gasteiger partial charge in [-0.1, -0.05) is 11.6 Å². The van der Waals surface area contributed by atoms with Gasteiger partial charge in [-0.15, -0.1) is 0 Å². The lowest BCUT2D eigenvalue weighted by molar-refractivity contribution is -0.132. The van der Waals surface area contributed by atoms with Gasteiger partial charge in [0, 0.05) is 17.8 Å². The molecule has 1 aromatic rings. The Morgan fingerprint density at radius 3 is 2.45 bits per heavy atom. The Labute approximate surface area is 118 Å². The van der Waals surface area contributed by atoms with Crippen molar-refractivity contribution in [3.63, 3.8) is 0 Å². The Morgan fingerprint density at radius 1 is 1.30 bits per heavy atom. The zero-order valence-electron chi connectivity index (χ0n) is 10.1. The number of carbonyl (C=O) groups is 2. The van der Waals surface area contributed by atoms with Crippen molar-refractivity contribution in [2.24, 2.45) is 0 Å². The van der Waals surface area contributed by atoms with E-state index in [-0.39, 0.29) is 11.1 Å². The Hall–Kier alpha value is -1.95. The molecule has 1 aromatic carbocycles. The maximum atomic E-state index is 13.1. The fraction of sp³-hybridized carbons (Fsp3) is 0.231. The summed E-state index contributed by atoms with van der Waals surface area (Å²) in [5, 5.41) is 11.4. The van der Waals surface area contributed by atoms with Crippen molar-refractivity contribution in [1.82, 2.24) is 5.32 Å². The summed E-state index contributed by atoms with van der Waals surface area (Å²) in [6, 6.07) is 1.38. The highest BCUT2D eigenvalue weighted by Crippen LogP contribution is 2.23. The first-order valence-electron chi connectivity index (χ1n) is 5.79. The summed E-state index contributed by atoms with van der Waals surface area (Å²) in [6.07, 6.45) is 2.85. The summed E-state index contributed by atoms with van der Waals surface area (Å²) in [4.78, 5) is 23.1. The van der Waals surface area contributed by atoms with Gasteiger partial charge < -0.3 is 10.4 Å². The molecule has 2 N–H and O–H groups in total.